The highest BCUT2D eigenvalue weighted by Crippen LogP contribution is 2.19. The zero-order chi connectivity index (χ0) is 19.2. The van der Waals surface area contributed by atoms with Gasteiger partial charge in [-0.3, -0.25) is 14.5 Å². The summed E-state index contributed by atoms with van der Waals surface area (Å²) in [7, 11) is 0. The maximum Gasteiger partial charge on any atom is 0.237 e. The van der Waals surface area contributed by atoms with Crippen molar-refractivity contribution in [2.75, 3.05) is 38.0 Å². The molecule has 7 nitrogen and oxygen atoms in total. The van der Waals surface area contributed by atoms with Gasteiger partial charge in [0.25, 0.3) is 0 Å². The molecule has 0 radical (unpaired) electrons. The second-order valence-electron chi connectivity index (χ2n) is 7.29. The Hall–Kier alpha value is -2.43. The minimum absolute atomic E-state index is 0.0858. The zero-order valence-electron chi connectivity index (χ0n) is 15.8. The summed E-state index contributed by atoms with van der Waals surface area (Å²) in [6, 6.07) is 9.39. The highest BCUT2D eigenvalue weighted by atomic mass is 16.2. The number of nitriles is 1. The minimum Gasteiger partial charge on any atom is -0.352 e. The molecule has 2 aliphatic rings. The third-order valence-corrected chi connectivity index (χ3v) is 5.23. The lowest BCUT2D eigenvalue weighted by Gasteiger charge is -2.37. The number of amides is 2. The first-order valence-electron chi connectivity index (χ1n) is 9.62. The van der Waals surface area contributed by atoms with Gasteiger partial charge in [0.2, 0.25) is 11.8 Å². The fraction of sp³-hybridized carbons (Fsp3) is 0.550. The first-order valence-corrected chi connectivity index (χ1v) is 9.62. The number of nitrogens with one attached hydrogen (secondary N) is 2. The molecule has 7 heteroatoms. The van der Waals surface area contributed by atoms with Crippen LogP contribution in [-0.4, -0.2) is 66.4 Å². The number of para-hydroxylation sites is 1. The number of benzene rings is 1. The fourth-order valence-electron chi connectivity index (χ4n) is 3.25. The van der Waals surface area contributed by atoms with Gasteiger partial charge in [0.15, 0.2) is 0 Å². The van der Waals surface area contributed by atoms with Crippen LogP contribution in [0.5, 0.6) is 0 Å². The number of piperazine rings is 1. The van der Waals surface area contributed by atoms with Crippen molar-refractivity contribution in [3.8, 4) is 6.07 Å². The molecule has 144 valence electrons. The van der Waals surface area contributed by atoms with Gasteiger partial charge in [-0.05, 0) is 31.9 Å². The van der Waals surface area contributed by atoms with Crippen LogP contribution >= 0.6 is 0 Å². The molecule has 0 spiro atoms. The van der Waals surface area contributed by atoms with Crippen molar-refractivity contribution in [2.24, 2.45) is 0 Å². The molecule has 1 atom stereocenters. The summed E-state index contributed by atoms with van der Waals surface area (Å²) in [6.07, 6.45) is 2.60. The zero-order valence-corrected chi connectivity index (χ0v) is 15.8. The molecule has 27 heavy (non-hydrogen) atoms. The molecule has 1 heterocycles. The molecule has 0 aromatic heterocycles. The number of rotatable bonds is 7. The Kier molecular flexibility index (Phi) is 6.43. The van der Waals surface area contributed by atoms with Crippen molar-refractivity contribution in [3.63, 3.8) is 0 Å². The molecule has 1 aromatic carbocycles. The van der Waals surface area contributed by atoms with Gasteiger partial charge in [0.1, 0.15) is 6.07 Å². The smallest absolute Gasteiger partial charge is 0.237 e. The van der Waals surface area contributed by atoms with Crippen LogP contribution in [0.3, 0.4) is 0 Å². The molecule has 2 N–H and O–H groups in total. The second-order valence-corrected chi connectivity index (χ2v) is 7.29. The minimum atomic E-state index is -0.0986. The molecule has 0 bridgehead atoms. The summed E-state index contributed by atoms with van der Waals surface area (Å²) >= 11 is 0. The summed E-state index contributed by atoms with van der Waals surface area (Å²) in [4.78, 5) is 28.8. The van der Waals surface area contributed by atoms with E-state index in [1.54, 1.807) is 24.3 Å². The van der Waals surface area contributed by atoms with Crippen LogP contribution in [0.15, 0.2) is 24.3 Å². The Balaban J connectivity index is 1.38. The predicted molar refractivity (Wildman–Crippen MR) is 103 cm³/mol. The van der Waals surface area contributed by atoms with Gasteiger partial charge in [-0.1, -0.05) is 12.1 Å². The maximum absolute atomic E-state index is 12.2. The highest BCUT2D eigenvalue weighted by molar-refractivity contribution is 5.92. The van der Waals surface area contributed by atoms with Gasteiger partial charge in [0.05, 0.1) is 17.3 Å². The molecule has 1 aliphatic heterocycles. The Labute approximate surface area is 160 Å². The standard InChI is InChI=1S/C20H27N5O2/c1-15(20(27)22-17-6-7-17)25-12-10-24(11-13-25)9-8-19(26)23-18-5-3-2-4-16(18)14-21/h2-5,15,17H,6-13H2,1H3,(H,22,27)(H,23,26). The third kappa shape index (κ3) is 5.52. The number of hydrogen-bond donors (Lipinski definition) is 2. The van der Waals surface area contributed by atoms with Crippen molar-refractivity contribution < 1.29 is 9.59 Å². The van der Waals surface area contributed by atoms with Crippen LogP contribution in [0.2, 0.25) is 0 Å². The van der Waals surface area contributed by atoms with E-state index in [2.05, 4.69) is 26.5 Å². The van der Waals surface area contributed by atoms with Gasteiger partial charge < -0.3 is 15.5 Å². The Morgan fingerprint density at radius 2 is 1.93 bits per heavy atom. The quantitative estimate of drug-likeness (QED) is 0.753. The second kappa shape index (κ2) is 8.98. The fourth-order valence-corrected chi connectivity index (χ4v) is 3.25. The predicted octanol–water partition coefficient (Wildman–Crippen LogP) is 1.17. The van der Waals surface area contributed by atoms with E-state index in [9.17, 15) is 9.59 Å². The van der Waals surface area contributed by atoms with Crippen molar-refractivity contribution in [2.45, 2.75) is 38.3 Å². The monoisotopic (exact) mass is 369 g/mol. The lowest BCUT2D eigenvalue weighted by atomic mass is 10.2. The van der Waals surface area contributed by atoms with Gasteiger partial charge in [-0.2, -0.15) is 5.26 Å². The number of anilines is 1. The van der Waals surface area contributed by atoms with Gasteiger partial charge >= 0.3 is 0 Å². The van der Waals surface area contributed by atoms with Crippen molar-refractivity contribution in [3.05, 3.63) is 29.8 Å². The van der Waals surface area contributed by atoms with E-state index in [1.807, 2.05) is 6.92 Å². The Bertz CT molecular complexity index is 717. The van der Waals surface area contributed by atoms with Crippen LogP contribution in [0.1, 0.15) is 31.7 Å². The van der Waals surface area contributed by atoms with E-state index < -0.39 is 0 Å². The number of hydrogen-bond acceptors (Lipinski definition) is 5. The molecule has 1 aromatic rings. The van der Waals surface area contributed by atoms with Crippen LogP contribution in [0.4, 0.5) is 5.69 Å². The summed E-state index contributed by atoms with van der Waals surface area (Å²) in [5.74, 6) is 0.0406. The number of carbonyl (C=O) groups excluding carboxylic acids is 2. The van der Waals surface area contributed by atoms with E-state index in [0.717, 1.165) is 39.0 Å². The SMILES string of the molecule is CC(C(=O)NC1CC1)N1CCN(CCC(=O)Nc2ccccc2C#N)CC1. The van der Waals surface area contributed by atoms with Gasteiger partial charge in [-0.25, -0.2) is 0 Å². The van der Waals surface area contributed by atoms with E-state index in [-0.39, 0.29) is 17.9 Å². The average molecular weight is 369 g/mol. The van der Waals surface area contributed by atoms with Gasteiger partial charge in [-0.15, -0.1) is 0 Å². The largest absolute Gasteiger partial charge is 0.352 e. The molecule has 1 unspecified atom stereocenters. The van der Waals surface area contributed by atoms with Crippen LogP contribution in [0, 0.1) is 11.3 Å². The topological polar surface area (TPSA) is 88.5 Å². The molecule has 1 aliphatic carbocycles. The summed E-state index contributed by atoms with van der Waals surface area (Å²) in [6.45, 7) is 6.01. The molecule has 1 saturated carbocycles. The molecular formula is C20H27N5O2. The maximum atomic E-state index is 12.2. The summed E-state index contributed by atoms with van der Waals surface area (Å²) < 4.78 is 0. The average Bonchev–Trinajstić information content (AvgIpc) is 3.50. The van der Waals surface area contributed by atoms with Crippen molar-refractivity contribution in [1.82, 2.24) is 15.1 Å². The summed E-state index contributed by atoms with van der Waals surface area (Å²) in [5, 5.41) is 15.0. The van der Waals surface area contributed by atoms with Crippen molar-refractivity contribution >= 4 is 17.5 Å². The van der Waals surface area contributed by atoms with Crippen LogP contribution in [-0.2, 0) is 9.59 Å². The molecule has 3 rings (SSSR count). The highest BCUT2D eigenvalue weighted by Gasteiger charge is 2.29. The number of nitrogens with zero attached hydrogens (tertiary/aromatic N) is 3. The van der Waals surface area contributed by atoms with E-state index in [1.165, 1.54) is 0 Å². The molecular weight excluding hydrogens is 342 g/mol. The van der Waals surface area contributed by atoms with E-state index in [4.69, 9.17) is 5.26 Å². The van der Waals surface area contributed by atoms with Gasteiger partial charge in [0, 0.05) is 45.2 Å². The van der Waals surface area contributed by atoms with Crippen LogP contribution < -0.4 is 10.6 Å². The van der Waals surface area contributed by atoms with E-state index >= 15 is 0 Å². The Morgan fingerprint density at radius 3 is 2.59 bits per heavy atom. The first-order chi connectivity index (χ1) is 13.1. The van der Waals surface area contributed by atoms with Crippen molar-refractivity contribution in [1.29, 1.82) is 5.26 Å². The first kappa shape index (κ1) is 19.3. The lowest BCUT2D eigenvalue weighted by Crippen LogP contribution is -2.54. The molecule has 1 saturated heterocycles. The molecule has 2 fully saturated rings. The van der Waals surface area contributed by atoms with Crippen LogP contribution in [0.25, 0.3) is 0 Å². The summed E-state index contributed by atoms with van der Waals surface area (Å²) in [5.41, 5.74) is 1.03. The number of carbonyl (C=O) groups is 2. The Morgan fingerprint density at radius 1 is 1.22 bits per heavy atom. The molecule has 2 amide bonds. The van der Waals surface area contributed by atoms with E-state index in [0.29, 0.717) is 30.3 Å². The lowest BCUT2D eigenvalue weighted by molar-refractivity contribution is -0.126. The third-order valence-electron chi connectivity index (χ3n) is 5.23. The normalized spacial score (nSPS) is 19.1.